The van der Waals surface area contributed by atoms with Crippen LogP contribution in [0.5, 0.6) is 23.0 Å². The Kier molecular flexibility index (Phi) is 3.76. The molecule has 11 nitrogen and oxygen atoms in total. The fourth-order valence-electron chi connectivity index (χ4n) is 5.33. The Bertz CT molecular complexity index is 1680. The number of phenolic OH excluding ortho intramolecular Hbond substituents is 2. The summed E-state index contributed by atoms with van der Waals surface area (Å²) >= 11 is 0. The van der Waals surface area contributed by atoms with E-state index in [1.165, 1.54) is 13.2 Å². The summed E-state index contributed by atoms with van der Waals surface area (Å²) in [5.74, 6) is -5.30. The van der Waals surface area contributed by atoms with Crippen LogP contribution in [0.15, 0.2) is 44.8 Å². The van der Waals surface area contributed by atoms with Crippen LogP contribution in [0.25, 0.3) is 10.8 Å². The number of fused-ring (bicyclic) bond motifs is 6. The van der Waals surface area contributed by atoms with Gasteiger partial charge in [-0.25, -0.2) is 4.79 Å². The first-order valence-electron chi connectivity index (χ1n) is 10.9. The first-order chi connectivity index (χ1) is 17.2. The van der Waals surface area contributed by atoms with Crippen LogP contribution in [-0.4, -0.2) is 52.0 Å². The summed E-state index contributed by atoms with van der Waals surface area (Å²) in [5, 5.41) is 33.1. The molecule has 3 aromatic rings. The molecule has 3 N–H and O–H groups in total. The average Bonchev–Trinajstić information content (AvgIpc) is 3.59. The smallest absolute Gasteiger partial charge is 0.343 e. The van der Waals surface area contributed by atoms with Crippen molar-refractivity contribution in [1.29, 1.82) is 0 Å². The van der Waals surface area contributed by atoms with E-state index in [0.717, 1.165) is 6.07 Å². The van der Waals surface area contributed by atoms with E-state index in [-0.39, 0.29) is 16.9 Å². The maximum Gasteiger partial charge on any atom is 0.343 e. The zero-order valence-electron chi connectivity index (χ0n) is 18.6. The summed E-state index contributed by atoms with van der Waals surface area (Å²) in [6.07, 6.45) is -3.27. The number of carbonyl (C=O) groups excluding carboxylic acids is 2. The molecule has 1 aliphatic carbocycles. The number of rotatable bonds is 1. The van der Waals surface area contributed by atoms with Gasteiger partial charge in [-0.05, 0) is 30.5 Å². The average molecular weight is 492 g/mol. The van der Waals surface area contributed by atoms with Crippen molar-refractivity contribution in [1.82, 2.24) is 0 Å². The van der Waals surface area contributed by atoms with Crippen LogP contribution < -0.4 is 15.1 Å². The van der Waals surface area contributed by atoms with Gasteiger partial charge in [0.2, 0.25) is 5.78 Å². The maximum atomic E-state index is 13.4. The standard InChI is InChI=1S/C25H16O11/c1-7-3-8-4-10-12(5-9(8)24(31)33-7)35-25(23-20(10)34-23)22(30)16-18(28)14-11(26)6-13(32-2)17(27)15(14)19(29)21(16)36-25/h3-6,20,22-23,26-27,30H,1-2H3/t20-,22-,23-,25-/m0/s1. The second kappa shape index (κ2) is 6.45. The molecule has 11 heteroatoms. The molecular weight excluding hydrogens is 476 g/mol. The highest BCUT2D eigenvalue weighted by Crippen LogP contribution is 2.60. The summed E-state index contributed by atoms with van der Waals surface area (Å²) in [7, 11) is 1.22. The number of benzene rings is 2. The van der Waals surface area contributed by atoms with Crippen LogP contribution in [0, 0.1) is 6.92 Å². The summed E-state index contributed by atoms with van der Waals surface area (Å²) in [4.78, 5) is 39.1. The SMILES string of the molecule is COc1cc(O)c2c(c1O)C(=O)C1=C(C2=O)[C@H](O)[C@@]2(O1)Oc1cc3c(=O)oc(C)cc3cc1[C@@H]1O[C@@H]12. The number of epoxide rings is 1. The number of aliphatic hydroxyl groups excluding tert-OH is 1. The molecule has 1 fully saturated rings. The molecule has 7 rings (SSSR count). The van der Waals surface area contributed by atoms with Crippen molar-refractivity contribution in [2.24, 2.45) is 0 Å². The fraction of sp³-hybridized carbons (Fsp3) is 0.240. The number of carbonyl (C=O) groups is 2. The number of hydrogen-bond acceptors (Lipinski definition) is 11. The molecule has 1 spiro atoms. The minimum Gasteiger partial charge on any atom is -0.507 e. The Hall–Kier alpha value is -4.35. The van der Waals surface area contributed by atoms with E-state index in [1.807, 2.05) is 0 Å². The van der Waals surface area contributed by atoms with Crippen molar-refractivity contribution >= 4 is 22.3 Å². The molecule has 0 amide bonds. The molecule has 0 unspecified atom stereocenters. The van der Waals surface area contributed by atoms with Crippen LogP contribution in [-0.2, 0) is 9.47 Å². The van der Waals surface area contributed by atoms with Crippen LogP contribution >= 0.6 is 0 Å². The van der Waals surface area contributed by atoms with Gasteiger partial charge in [0.1, 0.15) is 23.4 Å². The summed E-state index contributed by atoms with van der Waals surface area (Å²) in [5.41, 5.74) is -1.41. The largest absolute Gasteiger partial charge is 0.507 e. The first kappa shape index (κ1) is 21.0. The van der Waals surface area contributed by atoms with Gasteiger partial charge in [0.05, 0.1) is 29.2 Å². The Morgan fingerprint density at radius 2 is 1.78 bits per heavy atom. The Morgan fingerprint density at radius 3 is 2.53 bits per heavy atom. The molecule has 1 aromatic heterocycles. The van der Waals surface area contributed by atoms with E-state index in [2.05, 4.69) is 0 Å². The highest BCUT2D eigenvalue weighted by atomic mass is 16.8. The fourth-order valence-corrected chi connectivity index (χ4v) is 5.33. The number of Topliss-reactive ketones (excluding diaryl/α,β-unsaturated/α-hetero) is 2. The van der Waals surface area contributed by atoms with E-state index in [4.69, 9.17) is 23.4 Å². The lowest BCUT2D eigenvalue weighted by molar-refractivity contribution is -0.199. The number of ether oxygens (including phenoxy) is 4. The van der Waals surface area contributed by atoms with Crippen molar-refractivity contribution in [2.45, 2.75) is 31.0 Å². The van der Waals surface area contributed by atoms with Crippen molar-refractivity contribution in [3.8, 4) is 23.0 Å². The number of aliphatic hydroxyl groups is 1. The van der Waals surface area contributed by atoms with Gasteiger partial charge in [-0.1, -0.05) is 0 Å². The highest BCUT2D eigenvalue weighted by Gasteiger charge is 2.72. The predicted molar refractivity (Wildman–Crippen MR) is 117 cm³/mol. The van der Waals surface area contributed by atoms with Gasteiger partial charge in [-0.2, -0.15) is 0 Å². The molecule has 4 heterocycles. The number of allylic oxidation sites excluding steroid dienone is 1. The molecule has 0 saturated carbocycles. The Balaban J connectivity index is 1.35. The molecule has 0 bridgehead atoms. The summed E-state index contributed by atoms with van der Waals surface area (Å²) < 4.78 is 27.8. The van der Waals surface area contributed by atoms with Gasteiger partial charge in [-0.15, -0.1) is 0 Å². The molecule has 0 radical (unpaired) electrons. The van der Waals surface area contributed by atoms with Gasteiger partial charge in [0.25, 0.3) is 0 Å². The van der Waals surface area contributed by atoms with Gasteiger partial charge < -0.3 is 38.7 Å². The van der Waals surface area contributed by atoms with Crippen LogP contribution in [0.4, 0.5) is 0 Å². The molecule has 3 aliphatic heterocycles. The second-order valence-electron chi connectivity index (χ2n) is 9.02. The van der Waals surface area contributed by atoms with E-state index < -0.39 is 75.2 Å². The third-order valence-electron chi connectivity index (χ3n) is 7.01. The third-order valence-corrected chi connectivity index (χ3v) is 7.01. The van der Waals surface area contributed by atoms with Crippen molar-refractivity contribution in [3.05, 3.63) is 68.5 Å². The number of phenols is 2. The number of aryl methyl sites for hydroxylation is 1. The Morgan fingerprint density at radius 1 is 1.00 bits per heavy atom. The van der Waals surface area contributed by atoms with E-state index in [1.54, 1.807) is 19.1 Å². The molecule has 1 saturated heterocycles. The lowest BCUT2D eigenvalue weighted by Gasteiger charge is -2.35. The van der Waals surface area contributed by atoms with Crippen LogP contribution in [0.3, 0.4) is 0 Å². The van der Waals surface area contributed by atoms with Crippen LogP contribution in [0.1, 0.15) is 38.1 Å². The van der Waals surface area contributed by atoms with Crippen molar-refractivity contribution in [3.63, 3.8) is 0 Å². The topological polar surface area (TPSA) is 165 Å². The van der Waals surface area contributed by atoms with E-state index >= 15 is 0 Å². The molecule has 182 valence electrons. The molecular formula is C25H16O11. The number of ketones is 2. The van der Waals surface area contributed by atoms with E-state index in [9.17, 15) is 29.7 Å². The lowest BCUT2D eigenvalue weighted by atomic mass is 9.83. The molecule has 4 aliphatic rings. The lowest BCUT2D eigenvalue weighted by Crippen LogP contribution is -2.53. The number of aromatic hydroxyl groups is 2. The van der Waals surface area contributed by atoms with Gasteiger partial charge in [0, 0.05) is 11.6 Å². The third kappa shape index (κ3) is 2.36. The van der Waals surface area contributed by atoms with Crippen LogP contribution in [0.2, 0.25) is 0 Å². The maximum absolute atomic E-state index is 13.4. The molecule has 36 heavy (non-hydrogen) atoms. The minimum atomic E-state index is -2.01. The second-order valence-corrected chi connectivity index (χ2v) is 9.02. The highest BCUT2D eigenvalue weighted by molar-refractivity contribution is 6.29. The zero-order chi connectivity index (χ0) is 25.3. The normalized spacial score (nSPS) is 27.2. The predicted octanol–water partition coefficient (Wildman–Crippen LogP) is 1.77. The first-order valence-corrected chi connectivity index (χ1v) is 10.9. The number of methoxy groups -OCH3 is 1. The van der Waals surface area contributed by atoms with Crippen molar-refractivity contribution < 1.29 is 48.3 Å². The summed E-state index contributed by atoms with van der Waals surface area (Å²) in [6, 6.07) is 5.84. The molecule has 2 aromatic carbocycles. The zero-order valence-corrected chi connectivity index (χ0v) is 18.6. The number of hydrogen-bond donors (Lipinski definition) is 3. The van der Waals surface area contributed by atoms with Gasteiger partial charge in [-0.3, -0.25) is 9.59 Å². The quantitative estimate of drug-likeness (QED) is 0.335. The van der Waals surface area contributed by atoms with Gasteiger partial charge >= 0.3 is 11.4 Å². The summed E-state index contributed by atoms with van der Waals surface area (Å²) in [6.45, 7) is 1.65. The van der Waals surface area contributed by atoms with E-state index in [0.29, 0.717) is 16.7 Å². The molecule has 4 atom stereocenters. The van der Waals surface area contributed by atoms with Gasteiger partial charge in [0.15, 0.2) is 35.2 Å². The minimum absolute atomic E-state index is 0.154. The Labute approximate surface area is 200 Å². The van der Waals surface area contributed by atoms with Crippen molar-refractivity contribution in [2.75, 3.05) is 7.11 Å². The monoisotopic (exact) mass is 492 g/mol.